The Morgan fingerprint density at radius 3 is 2.87 bits per heavy atom. The molecule has 0 unspecified atom stereocenters. The molecule has 1 heterocycles. The highest BCUT2D eigenvalue weighted by Gasteiger charge is 2.07. The standard InChI is InChI=1S/C10H11NO4/c1-11-10(14)8-6-5-7(15-8)3-2-4-9(12)13/h2,4-6H,3H2,1H3,(H,11,14)(H,12,13)/b4-2+. The Morgan fingerprint density at radius 1 is 1.53 bits per heavy atom. The summed E-state index contributed by atoms with van der Waals surface area (Å²) >= 11 is 0. The number of aliphatic carboxylic acids is 1. The molecule has 0 aliphatic heterocycles. The lowest BCUT2D eigenvalue weighted by Gasteiger charge is -1.93. The molecule has 80 valence electrons. The summed E-state index contributed by atoms with van der Waals surface area (Å²) in [4.78, 5) is 21.3. The van der Waals surface area contributed by atoms with Crippen LogP contribution >= 0.6 is 0 Å². The molecule has 0 radical (unpaired) electrons. The Morgan fingerprint density at radius 2 is 2.27 bits per heavy atom. The zero-order chi connectivity index (χ0) is 11.3. The Bertz CT molecular complexity index is 392. The lowest BCUT2D eigenvalue weighted by molar-refractivity contribution is -0.131. The molecule has 1 aromatic rings. The predicted octanol–water partition coefficient (Wildman–Crippen LogP) is 0.823. The molecule has 15 heavy (non-hydrogen) atoms. The fourth-order valence-electron chi connectivity index (χ4n) is 1.01. The summed E-state index contributed by atoms with van der Waals surface area (Å²) in [6, 6.07) is 3.18. The van der Waals surface area contributed by atoms with Crippen molar-refractivity contribution in [3.8, 4) is 0 Å². The van der Waals surface area contributed by atoms with Crippen LogP contribution in [0.4, 0.5) is 0 Å². The van der Waals surface area contributed by atoms with Gasteiger partial charge in [-0.3, -0.25) is 4.79 Å². The number of carbonyl (C=O) groups is 2. The van der Waals surface area contributed by atoms with Gasteiger partial charge in [-0.05, 0) is 12.1 Å². The molecular weight excluding hydrogens is 198 g/mol. The van der Waals surface area contributed by atoms with Crippen molar-refractivity contribution in [3.63, 3.8) is 0 Å². The summed E-state index contributed by atoms with van der Waals surface area (Å²) in [6.45, 7) is 0. The van der Waals surface area contributed by atoms with Crippen LogP contribution in [0.5, 0.6) is 0 Å². The van der Waals surface area contributed by atoms with Crippen LogP contribution in [0.1, 0.15) is 16.3 Å². The summed E-state index contributed by atoms with van der Waals surface area (Å²) in [5, 5.41) is 10.8. The van der Waals surface area contributed by atoms with Gasteiger partial charge >= 0.3 is 5.97 Å². The van der Waals surface area contributed by atoms with Crippen LogP contribution in [0.2, 0.25) is 0 Å². The zero-order valence-corrected chi connectivity index (χ0v) is 8.19. The van der Waals surface area contributed by atoms with Gasteiger partial charge in [0.15, 0.2) is 5.76 Å². The maximum absolute atomic E-state index is 11.1. The third kappa shape index (κ3) is 3.30. The Balaban J connectivity index is 2.61. The SMILES string of the molecule is CNC(=O)c1ccc(C/C=C/C(=O)O)o1. The van der Waals surface area contributed by atoms with E-state index in [1.54, 1.807) is 12.1 Å². The van der Waals surface area contributed by atoms with Crippen LogP contribution in [-0.4, -0.2) is 24.0 Å². The summed E-state index contributed by atoms with van der Waals surface area (Å²) in [5.41, 5.74) is 0. The van der Waals surface area contributed by atoms with Crippen LogP contribution in [-0.2, 0) is 11.2 Å². The number of rotatable bonds is 4. The molecule has 0 saturated heterocycles. The molecule has 0 spiro atoms. The van der Waals surface area contributed by atoms with Gasteiger partial charge < -0.3 is 14.8 Å². The fourth-order valence-corrected chi connectivity index (χ4v) is 1.01. The molecule has 5 heteroatoms. The summed E-state index contributed by atoms with van der Waals surface area (Å²) in [7, 11) is 1.51. The minimum absolute atomic E-state index is 0.219. The van der Waals surface area contributed by atoms with Gasteiger partial charge in [-0.1, -0.05) is 6.08 Å². The Kier molecular flexibility index (Phi) is 3.68. The molecule has 2 N–H and O–H groups in total. The maximum Gasteiger partial charge on any atom is 0.327 e. The number of carboxylic acid groups (broad SMARTS) is 1. The number of hydrogen-bond donors (Lipinski definition) is 2. The average molecular weight is 209 g/mol. The van der Waals surface area contributed by atoms with Gasteiger partial charge in [-0.15, -0.1) is 0 Å². The molecule has 0 saturated carbocycles. The summed E-state index contributed by atoms with van der Waals surface area (Å²) in [6.07, 6.45) is 2.83. The zero-order valence-electron chi connectivity index (χ0n) is 8.19. The molecule has 0 aromatic carbocycles. The number of carboxylic acids is 1. The van der Waals surface area contributed by atoms with Crippen molar-refractivity contribution in [2.24, 2.45) is 0 Å². The van der Waals surface area contributed by atoms with Crippen molar-refractivity contribution < 1.29 is 19.1 Å². The molecule has 0 fully saturated rings. The third-order valence-electron chi connectivity index (χ3n) is 1.69. The van der Waals surface area contributed by atoms with Gasteiger partial charge in [0, 0.05) is 19.5 Å². The van der Waals surface area contributed by atoms with Crippen LogP contribution in [0.15, 0.2) is 28.7 Å². The van der Waals surface area contributed by atoms with E-state index in [0.29, 0.717) is 12.2 Å². The van der Waals surface area contributed by atoms with Crippen LogP contribution < -0.4 is 5.32 Å². The molecule has 5 nitrogen and oxygen atoms in total. The molecule has 1 aromatic heterocycles. The highest BCUT2D eigenvalue weighted by atomic mass is 16.4. The molecule has 0 atom stereocenters. The normalized spacial score (nSPS) is 10.5. The van der Waals surface area contributed by atoms with Crippen LogP contribution in [0, 0.1) is 0 Å². The van der Waals surface area contributed by atoms with Gasteiger partial charge in [-0.25, -0.2) is 4.79 Å². The minimum atomic E-state index is -1.01. The van der Waals surface area contributed by atoms with Gasteiger partial charge in [0.25, 0.3) is 5.91 Å². The maximum atomic E-state index is 11.1. The fraction of sp³-hybridized carbons (Fsp3) is 0.200. The van der Waals surface area contributed by atoms with E-state index in [2.05, 4.69) is 5.32 Å². The van der Waals surface area contributed by atoms with E-state index in [1.165, 1.54) is 13.1 Å². The quantitative estimate of drug-likeness (QED) is 0.719. The van der Waals surface area contributed by atoms with Crippen molar-refractivity contribution in [3.05, 3.63) is 35.8 Å². The predicted molar refractivity (Wildman–Crippen MR) is 52.6 cm³/mol. The highest BCUT2D eigenvalue weighted by molar-refractivity contribution is 5.91. The van der Waals surface area contributed by atoms with Gasteiger partial charge in [-0.2, -0.15) is 0 Å². The first kappa shape index (κ1) is 11.0. The van der Waals surface area contributed by atoms with E-state index < -0.39 is 5.97 Å². The van der Waals surface area contributed by atoms with Crippen molar-refractivity contribution in [2.45, 2.75) is 6.42 Å². The third-order valence-corrected chi connectivity index (χ3v) is 1.69. The van der Waals surface area contributed by atoms with Crippen molar-refractivity contribution in [2.75, 3.05) is 7.05 Å². The molecule has 1 amide bonds. The van der Waals surface area contributed by atoms with E-state index in [9.17, 15) is 9.59 Å². The van der Waals surface area contributed by atoms with E-state index in [-0.39, 0.29) is 11.7 Å². The second kappa shape index (κ2) is 4.99. The molecule has 0 aliphatic carbocycles. The first-order chi connectivity index (χ1) is 7.13. The lowest BCUT2D eigenvalue weighted by atomic mass is 10.3. The molecular formula is C10H11NO4. The number of nitrogens with one attached hydrogen (secondary N) is 1. The van der Waals surface area contributed by atoms with Crippen LogP contribution in [0.25, 0.3) is 0 Å². The second-order valence-electron chi connectivity index (χ2n) is 2.79. The molecule has 0 aliphatic rings. The van der Waals surface area contributed by atoms with E-state index in [0.717, 1.165) is 6.08 Å². The van der Waals surface area contributed by atoms with Crippen molar-refractivity contribution in [1.29, 1.82) is 0 Å². The minimum Gasteiger partial charge on any atom is -0.478 e. The monoisotopic (exact) mass is 209 g/mol. The van der Waals surface area contributed by atoms with Gasteiger partial charge in [0.05, 0.1) is 0 Å². The first-order valence-corrected chi connectivity index (χ1v) is 4.33. The van der Waals surface area contributed by atoms with E-state index >= 15 is 0 Å². The van der Waals surface area contributed by atoms with Gasteiger partial charge in [0.2, 0.25) is 0 Å². The summed E-state index contributed by atoms with van der Waals surface area (Å²) < 4.78 is 5.16. The number of carbonyl (C=O) groups excluding carboxylic acids is 1. The first-order valence-electron chi connectivity index (χ1n) is 4.33. The molecule has 1 rings (SSSR count). The topological polar surface area (TPSA) is 79.5 Å². The van der Waals surface area contributed by atoms with Crippen molar-refractivity contribution in [1.82, 2.24) is 5.32 Å². The number of furan rings is 1. The number of hydrogen-bond acceptors (Lipinski definition) is 3. The lowest BCUT2D eigenvalue weighted by Crippen LogP contribution is -2.16. The summed E-state index contributed by atoms with van der Waals surface area (Å²) in [5.74, 6) is -0.543. The largest absolute Gasteiger partial charge is 0.478 e. The van der Waals surface area contributed by atoms with Crippen LogP contribution in [0.3, 0.4) is 0 Å². The average Bonchev–Trinajstić information content (AvgIpc) is 2.65. The Hall–Kier alpha value is -2.04. The molecule has 0 bridgehead atoms. The number of allylic oxidation sites excluding steroid dienone is 1. The van der Waals surface area contributed by atoms with Gasteiger partial charge in [0.1, 0.15) is 5.76 Å². The van der Waals surface area contributed by atoms with Crippen molar-refractivity contribution >= 4 is 11.9 Å². The Labute approximate surface area is 86.4 Å². The number of amides is 1. The highest BCUT2D eigenvalue weighted by Crippen LogP contribution is 2.08. The van der Waals surface area contributed by atoms with E-state index in [1.807, 2.05) is 0 Å². The van der Waals surface area contributed by atoms with E-state index in [4.69, 9.17) is 9.52 Å². The smallest absolute Gasteiger partial charge is 0.327 e. The second-order valence-corrected chi connectivity index (χ2v) is 2.79.